The number of H-pyrrole nitrogens is 1. The molecule has 4 amide bonds. The van der Waals surface area contributed by atoms with Crippen LogP contribution < -0.4 is 16.2 Å². The lowest BCUT2D eigenvalue weighted by Gasteiger charge is -2.43. The molecule has 0 aliphatic carbocycles. The number of nitrogens with one attached hydrogen (secondary N) is 3. The van der Waals surface area contributed by atoms with Gasteiger partial charge in [0.05, 0.1) is 11.7 Å². The first-order valence-electron chi connectivity index (χ1n) is 20.9. The molecule has 306 valence electrons. The first kappa shape index (κ1) is 40.3. The summed E-state index contributed by atoms with van der Waals surface area (Å²) in [5, 5.41) is 12.3. The second-order valence-electron chi connectivity index (χ2n) is 16.2. The zero-order valence-corrected chi connectivity index (χ0v) is 33.8. The van der Waals surface area contributed by atoms with Crippen molar-refractivity contribution in [3.05, 3.63) is 75.7 Å². The SMILES string of the molecule is CCCCCNC(=O)OCn1ncc2cc(C[C@@H](NC(=O)N3CCC(c4cc5ccccc5[nH]c4=O)CC3)C(=O)N3CCN(C4CCN(C)CC4)CC3)cc(C)c21. The zero-order chi connectivity index (χ0) is 39.9. The molecule has 57 heavy (non-hydrogen) atoms. The molecule has 3 N–H and O–H groups in total. The Labute approximate surface area is 334 Å². The number of amides is 4. The van der Waals surface area contributed by atoms with Gasteiger partial charge in [0.15, 0.2) is 6.73 Å². The number of pyridine rings is 1. The lowest BCUT2D eigenvalue weighted by atomic mass is 9.89. The number of nitrogens with zero attached hydrogens (tertiary/aromatic N) is 6. The molecule has 3 aliphatic heterocycles. The molecule has 3 fully saturated rings. The van der Waals surface area contributed by atoms with Gasteiger partial charge in [0.1, 0.15) is 6.04 Å². The summed E-state index contributed by atoms with van der Waals surface area (Å²) in [5.41, 5.74) is 4.19. The number of unbranched alkanes of at least 4 members (excludes halogenated alkanes) is 2. The molecule has 5 heterocycles. The van der Waals surface area contributed by atoms with E-state index in [1.54, 1.807) is 15.8 Å². The third-order valence-electron chi connectivity index (χ3n) is 12.2. The van der Waals surface area contributed by atoms with Crippen LogP contribution in [0.15, 0.2) is 53.5 Å². The number of aromatic amines is 1. The van der Waals surface area contributed by atoms with Crippen LogP contribution in [0.1, 0.15) is 74.5 Å². The molecular weight excluding hydrogens is 723 g/mol. The van der Waals surface area contributed by atoms with Crippen LogP contribution in [0.4, 0.5) is 9.59 Å². The van der Waals surface area contributed by atoms with Crippen LogP contribution in [0.25, 0.3) is 21.8 Å². The number of fused-ring (bicyclic) bond motifs is 2. The molecule has 3 aliphatic rings. The number of ether oxygens (including phenoxy) is 1. The van der Waals surface area contributed by atoms with Crippen LogP contribution in [-0.2, 0) is 22.7 Å². The minimum atomic E-state index is -0.764. The van der Waals surface area contributed by atoms with Gasteiger partial charge in [-0.1, -0.05) is 44.0 Å². The number of likely N-dealkylation sites (tertiary alicyclic amines) is 2. The summed E-state index contributed by atoms with van der Waals surface area (Å²) >= 11 is 0. The fraction of sp³-hybridized carbons (Fsp3) is 0.558. The number of alkyl carbamates (subject to hydrolysis) is 1. The van der Waals surface area contributed by atoms with Crippen LogP contribution in [0.5, 0.6) is 0 Å². The second-order valence-corrected chi connectivity index (χ2v) is 16.2. The smallest absolute Gasteiger partial charge is 0.408 e. The lowest BCUT2D eigenvalue weighted by Crippen LogP contribution is -2.59. The van der Waals surface area contributed by atoms with Gasteiger partial charge in [-0.05, 0) is 99.8 Å². The number of piperidine rings is 2. The standard InChI is InChI=1S/C43H59N9O5/c1-4-5-8-15-44-43(56)57-29-52-39-30(2)24-31(25-34(39)28-45-52)26-38(41(54)50-22-20-49(21-23-50)35-13-16-48(3)17-14-35)47-42(55)51-18-11-32(12-19-51)36-27-33-9-6-7-10-37(33)46-40(36)53/h6-7,9-10,24-25,27-28,32,35,38H,4-5,8,11-23,26,29H2,1-3H3,(H,44,56)(H,46,53)(H,47,55)/t38-/m1/s1. The minimum absolute atomic E-state index is 0.0179. The number of urea groups is 1. The molecule has 0 radical (unpaired) electrons. The van der Waals surface area contributed by atoms with E-state index in [1.165, 1.54) is 0 Å². The average molecular weight is 782 g/mol. The van der Waals surface area contributed by atoms with Gasteiger partial charge in [0.2, 0.25) is 5.91 Å². The summed E-state index contributed by atoms with van der Waals surface area (Å²) in [7, 11) is 2.17. The van der Waals surface area contributed by atoms with Crippen molar-refractivity contribution < 1.29 is 19.1 Å². The summed E-state index contributed by atoms with van der Waals surface area (Å²) in [6.45, 7) is 10.7. The van der Waals surface area contributed by atoms with E-state index in [4.69, 9.17) is 4.74 Å². The van der Waals surface area contributed by atoms with E-state index in [-0.39, 0.29) is 30.1 Å². The number of hydrogen-bond donors (Lipinski definition) is 3. The molecule has 3 saturated heterocycles. The summed E-state index contributed by atoms with van der Waals surface area (Å²) in [6, 6.07) is 13.3. The van der Waals surface area contributed by atoms with E-state index >= 15 is 0 Å². The molecular formula is C43H59N9O5. The quantitative estimate of drug-likeness (QED) is 0.174. The van der Waals surface area contributed by atoms with Gasteiger partial charge in [-0.2, -0.15) is 5.10 Å². The molecule has 7 rings (SSSR count). The topological polar surface area (TPSA) is 148 Å². The van der Waals surface area contributed by atoms with Crippen LogP contribution in [0.2, 0.25) is 0 Å². The van der Waals surface area contributed by atoms with Crippen LogP contribution in [0.3, 0.4) is 0 Å². The lowest BCUT2D eigenvalue weighted by molar-refractivity contribution is -0.135. The Hall–Kier alpha value is -4.95. The minimum Gasteiger partial charge on any atom is -0.426 e. The maximum atomic E-state index is 14.4. The number of rotatable bonds is 12. The van der Waals surface area contributed by atoms with E-state index in [0.717, 1.165) is 96.8 Å². The van der Waals surface area contributed by atoms with Crippen molar-refractivity contribution in [1.82, 2.24) is 45.0 Å². The molecule has 14 nitrogen and oxygen atoms in total. The maximum Gasteiger partial charge on any atom is 0.408 e. The van der Waals surface area contributed by atoms with Crippen molar-refractivity contribution >= 4 is 39.8 Å². The zero-order valence-electron chi connectivity index (χ0n) is 33.8. The normalized spacial score (nSPS) is 18.2. The first-order chi connectivity index (χ1) is 27.7. The summed E-state index contributed by atoms with van der Waals surface area (Å²) in [4.78, 5) is 65.3. The fourth-order valence-electron chi connectivity index (χ4n) is 8.90. The number of para-hydroxylation sites is 1. The van der Waals surface area contributed by atoms with Gasteiger partial charge in [-0.15, -0.1) is 0 Å². The number of hydrogen-bond acceptors (Lipinski definition) is 8. The summed E-state index contributed by atoms with van der Waals surface area (Å²) in [5.74, 6) is -0.0300. The number of piperazine rings is 1. The van der Waals surface area contributed by atoms with E-state index in [1.807, 2.05) is 54.3 Å². The van der Waals surface area contributed by atoms with E-state index in [0.29, 0.717) is 58.0 Å². The second kappa shape index (κ2) is 18.5. The highest BCUT2D eigenvalue weighted by molar-refractivity contribution is 5.88. The molecule has 4 aromatic rings. The van der Waals surface area contributed by atoms with Crippen molar-refractivity contribution in [2.24, 2.45) is 0 Å². The average Bonchev–Trinajstić information content (AvgIpc) is 3.64. The summed E-state index contributed by atoms with van der Waals surface area (Å²) < 4.78 is 7.13. The number of aromatic nitrogens is 3. The van der Waals surface area contributed by atoms with Gasteiger partial charge < -0.3 is 35.1 Å². The van der Waals surface area contributed by atoms with Crippen molar-refractivity contribution in [2.45, 2.75) is 89.9 Å². The highest BCUT2D eigenvalue weighted by atomic mass is 16.6. The van der Waals surface area contributed by atoms with Crippen molar-refractivity contribution in [3.8, 4) is 0 Å². The van der Waals surface area contributed by atoms with Crippen molar-refractivity contribution in [3.63, 3.8) is 0 Å². The molecule has 0 saturated carbocycles. The number of carbonyl (C=O) groups is 3. The van der Waals surface area contributed by atoms with E-state index in [2.05, 4.69) is 44.5 Å². The predicted octanol–water partition coefficient (Wildman–Crippen LogP) is 4.80. The molecule has 0 unspecified atom stereocenters. The highest BCUT2D eigenvalue weighted by Crippen LogP contribution is 2.28. The van der Waals surface area contributed by atoms with Gasteiger partial charge >= 0.3 is 12.1 Å². The first-order valence-corrected chi connectivity index (χ1v) is 20.9. The van der Waals surface area contributed by atoms with Gasteiger partial charge in [-0.3, -0.25) is 14.5 Å². The monoisotopic (exact) mass is 781 g/mol. The number of benzene rings is 2. The van der Waals surface area contributed by atoms with Gasteiger partial charge in [0.25, 0.3) is 5.56 Å². The van der Waals surface area contributed by atoms with Crippen LogP contribution >= 0.6 is 0 Å². The molecule has 14 heteroatoms. The predicted molar refractivity (Wildman–Crippen MR) is 221 cm³/mol. The Kier molecular flexibility index (Phi) is 13.1. The van der Waals surface area contributed by atoms with Crippen LogP contribution in [-0.4, -0.2) is 130 Å². The largest absolute Gasteiger partial charge is 0.426 e. The van der Waals surface area contributed by atoms with Crippen LogP contribution in [0, 0.1) is 6.92 Å². The Morgan fingerprint density at radius 3 is 2.42 bits per heavy atom. The Balaban J connectivity index is 1.03. The van der Waals surface area contributed by atoms with Crippen molar-refractivity contribution in [2.75, 3.05) is 66.0 Å². The fourth-order valence-corrected chi connectivity index (χ4v) is 8.90. The molecule has 0 spiro atoms. The molecule has 0 bridgehead atoms. The third kappa shape index (κ3) is 9.78. The van der Waals surface area contributed by atoms with Crippen molar-refractivity contribution in [1.29, 1.82) is 0 Å². The number of carbonyl (C=O) groups excluding carboxylic acids is 3. The van der Waals surface area contributed by atoms with Gasteiger partial charge in [0, 0.05) is 74.7 Å². The van der Waals surface area contributed by atoms with E-state index < -0.39 is 12.1 Å². The maximum absolute atomic E-state index is 14.4. The Morgan fingerprint density at radius 1 is 0.912 bits per heavy atom. The van der Waals surface area contributed by atoms with Gasteiger partial charge in [-0.25, -0.2) is 14.3 Å². The summed E-state index contributed by atoms with van der Waals surface area (Å²) in [6.07, 6.45) is 8.24. The number of aryl methyl sites for hydroxylation is 1. The molecule has 1 atom stereocenters. The molecule has 2 aromatic heterocycles. The third-order valence-corrected chi connectivity index (χ3v) is 12.2. The Morgan fingerprint density at radius 2 is 1.67 bits per heavy atom. The van der Waals surface area contributed by atoms with E-state index in [9.17, 15) is 19.2 Å². The molecule has 2 aromatic carbocycles. The Bertz CT molecular complexity index is 2070. The highest BCUT2D eigenvalue weighted by Gasteiger charge is 2.34.